The Morgan fingerprint density at radius 3 is 2.38 bits per heavy atom. The minimum absolute atomic E-state index is 0.0212. The van der Waals surface area contributed by atoms with Crippen LogP contribution in [-0.2, 0) is 14.3 Å². The highest BCUT2D eigenvalue weighted by Gasteiger charge is 2.37. The van der Waals surface area contributed by atoms with Gasteiger partial charge in [0.25, 0.3) is 0 Å². The highest BCUT2D eigenvalue weighted by molar-refractivity contribution is 5.76. The number of rotatable bonds is 8. The van der Waals surface area contributed by atoms with Crippen molar-refractivity contribution in [1.82, 2.24) is 0 Å². The second kappa shape index (κ2) is 9.43. The van der Waals surface area contributed by atoms with Crippen LogP contribution in [0.5, 0.6) is 0 Å². The van der Waals surface area contributed by atoms with E-state index in [1.165, 1.54) is 6.42 Å². The van der Waals surface area contributed by atoms with Crippen LogP contribution in [0.1, 0.15) is 86.0 Å². The average Bonchev–Trinajstić information content (AvgIpc) is 2.42. The van der Waals surface area contributed by atoms with E-state index in [1.807, 2.05) is 0 Å². The Morgan fingerprint density at radius 1 is 1.17 bits per heavy atom. The average molecular weight is 341 g/mol. The smallest absolute Gasteiger partial charge is 0.306 e. The van der Waals surface area contributed by atoms with E-state index < -0.39 is 5.97 Å². The lowest BCUT2D eigenvalue weighted by Gasteiger charge is -2.40. The second-order valence-electron chi connectivity index (χ2n) is 9.01. The molecule has 3 atom stereocenters. The van der Waals surface area contributed by atoms with E-state index in [4.69, 9.17) is 9.84 Å². The zero-order valence-corrected chi connectivity index (χ0v) is 16.1. The molecule has 0 aromatic carbocycles. The van der Waals surface area contributed by atoms with E-state index in [2.05, 4.69) is 34.6 Å². The molecular weight excluding hydrogens is 304 g/mol. The standard InChI is InChI=1S/C20H36O4/c1-14(2)9-10-16-15(13-20(3,4)5)7-6-8-17(16)24-19(23)12-11-18(21)22/h14-17H,6-13H2,1-5H3,(H,21,22). The molecule has 140 valence electrons. The predicted molar refractivity (Wildman–Crippen MR) is 95.7 cm³/mol. The van der Waals surface area contributed by atoms with Gasteiger partial charge in [-0.15, -0.1) is 0 Å². The monoisotopic (exact) mass is 340 g/mol. The fourth-order valence-electron chi connectivity index (χ4n) is 3.88. The molecule has 3 unspecified atom stereocenters. The molecule has 1 rings (SSSR count). The van der Waals surface area contributed by atoms with Crippen molar-refractivity contribution in [2.24, 2.45) is 23.2 Å². The minimum Gasteiger partial charge on any atom is -0.481 e. The number of carboxylic acids is 1. The van der Waals surface area contributed by atoms with Crippen molar-refractivity contribution in [3.63, 3.8) is 0 Å². The molecule has 1 N–H and O–H groups in total. The molecule has 0 spiro atoms. The van der Waals surface area contributed by atoms with Crippen molar-refractivity contribution in [3.8, 4) is 0 Å². The summed E-state index contributed by atoms with van der Waals surface area (Å²) in [6.07, 6.45) is 6.41. The Kier molecular flexibility index (Phi) is 8.24. The maximum absolute atomic E-state index is 12.0. The third kappa shape index (κ3) is 8.16. The number of carbonyl (C=O) groups is 2. The van der Waals surface area contributed by atoms with Crippen LogP contribution in [0.3, 0.4) is 0 Å². The molecule has 4 heteroatoms. The van der Waals surface area contributed by atoms with Crippen LogP contribution in [0.15, 0.2) is 0 Å². The lowest BCUT2D eigenvalue weighted by atomic mass is 9.68. The first-order valence-corrected chi connectivity index (χ1v) is 9.49. The first kappa shape index (κ1) is 21.0. The number of carbonyl (C=O) groups excluding carboxylic acids is 1. The number of ether oxygens (including phenoxy) is 1. The predicted octanol–water partition coefficient (Wildman–Crippen LogP) is 5.05. The van der Waals surface area contributed by atoms with Gasteiger partial charge in [0.1, 0.15) is 6.10 Å². The molecule has 0 saturated heterocycles. The van der Waals surface area contributed by atoms with Crippen molar-refractivity contribution in [1.29, 1.82) is 0 Å². The first-order chi connectivity index (χ1) is 11.1. The van der Waals surface area contributed by atoms with E-state index in [0.717, 1.165) is 32.1 Å². The Labute approximate surface area is 147 Å². The molecule has 0 radical (unpaired) electrons. The molecular formula is C20H36O4. The minimum atomic E-state index is -0.947. The third-order valence-electron chi connectivity index (χ3n) is 4.92. The summed E-state index contributed by atoms with van der Waals surface area (Å²) in [6.45, 7) is 11.3. The van der Waals surface area contributed by atoms with Gasteiger partial charge in [-0.3, -0.25) is 9.59 Å². The fourth-order valence-corrected chi connectivity index (χ4v) is 3.88. The van der Waals surface area contributed by atoms with Crippen LogP contribution in [0.4, 0.5) is 0 Å². The molecule has 4 nitrogen and oxygen atoms in total. The number of hydrogen-bond acceptors (Lipinski definition) is 3. The second-order valence-corrected chi connectivity index (χ2v) is 9.01. The van der Waals surface area contributed by atoms with Crippen LogP contribution in [0.25, 0.3) is 0 Å². The van der Waals surface area contributed by atoms with Gasteiger partial charge in [0, 0.05) is 0 Å². The van der Waals surface area contributed by atoms with Gasteiger partial charge in [-0.1, -0.05) is 41.0 Å². The van der Waals surface area contributed by atoms with Gasteiger partial charge in [0.15, 0.2) is 0 Å². The quantitative estimate of drug-likeness (QED) is 0.628. The molecule has 0 amide bonds. The van der Waals surface area contributed by atoms with Crippen molar-refractivity contribution in [3.05, 3.63) is 0 Å². The summed E-state index contributed by atoms with van der Waals surface area (Å²) in [6, 6.07) is 0. The Balaban J connectivity index is 2.73. The van der Waals surface area contributed by atoms with Gasteiger partial charge >= 0.3 is 11.9 Å². The Hall–Kier alpha value is -1.06. The van der Waals surface area contributed by atoms with Crippen molar-refractivity contribution >= 4 is 11.9 Å². The number of hydrogen-bond donors (Lipinski definition) is 1. The topological polar surface area (TPSA) is 63.6 Å². The summed E-state index contributed by atoms with van der Waals surface area (Å²) < 4.78 is 5.73. The lowest BCUT2D eigenvalue weighted by Crippen LogP contribution is -2.37. The molecule has 0 bridgehead atoms. The van der Waals surface area contributed by atoms with E-state index in [-0.39, 0.29) is 30.3 Å². The van der Waals surface area contributed by atoms with Gasteiger partial charge < -0.3 is 9.84 Å². The van der Waals surface area contributed by atoms with E-state index >= 15 is 0 Å². The van der Waals surface area contributed by atoms with Crippen molar-refractivity contribution in [2.75, 3.05) is 0 Å². The number of carboxylic acid groups (broad SMARTS) is 1. The van der Waals surface area contributed by atoms with Gasteiger partial charge in [0.2, 0.25) is 0 Å². The molecule has 1 fully saturated rings. The maximum Gasteiger partial charge on any atom is 0.306 e. The third-order valence-corrected chi connectivity index (χ3v) is 4.92. The first-order valence-electron chi connectivity index (χ1n) is 9.49. The molecule has 0 aliphatic heterocycles. The van der Waals surface area contributed by atoms with Gasteiger partial charge in [-0.05, 0) is 55.3 Å². The summed E-state index contributed by atoms with van der Waals surface area (Å²) in [5.74, 6) is 0.348. The largest absolute Gasteiger partial charge is 0.481 e. The van der Waals surface area contributed by atoms with Gasteiger partial charge in [0.05, 0.1) is 12.8 Å². The molecule has 0 heterocycles. The highest BCUT2D eigenvalue weighted by Crippen LogP contribution is 2.42. The van der Waals surface area contributed by atoms with Crippen molar-refractivity contribution < 1.29 is 19.4 Å². The normalized spacial score (nSPS) is 24.8. The summed E-state index contributed by atoms with van der Waals surface area (Å²) in [4.78, 5) is 22.6. The molecule has 1 saturated carbocycles. The SMILES string of the molecule is CC(C)CCC1C(CC(C)(C)C)CCCC1OC(=O)CCC(=O)O. The maximum atomic E-state index is 12.0. The van der Waals surface area contributed by atoms with Crippen LogP contribution in [0.2, 0.25) is 0 Å². The van der Waals surface area contributed by atoms with E-state index in [0.29, 0.717) is 17.8 Å². The number of aliphatic carboxylic acids is 1. The molecule has 0 aromatic rings. The fraction of sp³-hybridized carbons (Fsp3) is 0.900. The van der Waals surface area contributed by atoms with Crippen LogP contribution in [-0.4, -0.2) is 23.1 Å². The molecule has 1 aliphatic carbocycles. The van der Waals surface area contributed by atoms with E-state index in [1.54, 1.807) is 0 Å². The Morgan fingerprint density at radius 2 is 1.83 bits per heavy atom. The Bertz CT molecular complexity index is 408. The van der Waals surface area contributed by atoms with Crippen LogP contribution >= 0.6 is 0 Å². The number of esters is 1. The highest BCUT2D eigenvalue weighted by atomic mass is 16.5. The molecule has 1 aliphatic rings. The summed E-state index contributed by atoms with van der Waals surface area (Å²) >= 11 is 0. The lowest BCUT2D eigenvalue weighted by molar-refractivity contribution is -0.158. The summed E-state index contributed by atoms with van der Waals surface area (Å²) in [5.41, 5.74) is 0.274. The molecule has 0 aromatic heterocycles. The summed E-state index contributed by atoms with van der Waals surface area (Å²) in [7, 11) is 0. The van der Waals surface area contributed by atoms with E-state index in [9.17, 15) is 9.59 Å². The zero-order chi connectivity index (χ0) is 18.3. The van der Waals surface area contributed by atoms with Crippen LogP contribution in [0, 0.1) is 23.2 Å². The molecule has 24 heavy (non-hydrogen) atoms. The van der Waals surface area contributed by atoms with Gasteiger partial charge in [-0.2, -0.15) is 0 Å². The van der Waals surface area contributed by atoms with Crippen molar-refractivity contribution in [2.45, 2.75) is 92.1 Å². The van der Waals surface area contributed by atoms with Crippen LogP contribution < -0.4 is 0 Å². The zero-order valence-electron chi connectivity index (χ0n) is 16.1. The summed E-state index contributed by atoms with van der Waals surface area (Å²) in [5, 5.41) is 8.73. The van der Waals surface area contributed by atoms with Gasteiger partial charge in [-0.25, -0.2) is 0 Å².